The Morgan fingerprint density at radius 2 is 2.08 bits per heavy atom. The molecule has 0 aromatic rings. The van der Waals surface area contributed by atoms with Crippen LogP contribution in [0.15, 0.2) is 0 Å². The van der Waals surface area contributed by atoms with Gasteiger partial charge in [-0.25, -0.2) is 0 Å². The van der Waals surface area contributed by atoms with Crippen LogP contribution in [0.25, 0.3) is 0 Å². The summed E-state index contributed by atoms with van der Waals surface area (Å²) in [4.78, 5) is 13.1. The smallest absolute Gasteiger partial charge is 0.217 e. The molecule has 0 bridgehead atoms. The van der Waals surface area contributed by atoms with E-state index in [0.717, 1.165) is 6.54 Å². The Balaban J connectivity index is 2.16. The van der Waals surface area contributed by atoms with Crippen molar-refractivity contribution in [3.05, 3.63) is 0 Å². The molecule has 1 N–H and O–H groups in total. The van der Waals surface area contributed by atoms with Crippen LogP contribution in [0.4, 0.5) is 0 Å². The van der Waals surface area contributed by atoms with Crippen molar-refractivity contribution in [1.29, 1.82) is 0 Å². The van der Waals surface area contributed by atoms with Crippen molar-refractivity contribution < 1.29 is 4.79 Å². The highest BCUT2D eigenvalue weighted by Crippen LogP contribution is 2.07. The molecule has 3 nitrogen and oxygen atoms in total. The lowest BCUT2D eigenvalue weighted by Gasteiger charge is -2.20. The van der Waals surface area contributed by atoms with E-state index in [-0.39, 0.29) is 5.91 Å². The Hall–Kier alpha value is -0.570. The number of amides is 1. The zero-order valence-electron chi connectivity index (χ0n) is 7.97. The monoisotopic (exact) mass is 170 g/mol. The lowest BCUT2D eigenvalue weighted by atomic mass is 10.3. The molecule has 0 spiro atoms. The van der Waals surface area contributed by atoms with Gasteiger partial charge in [-0.05, 0) is 32.9 Å². The van der Waals surface area contributed by atoms with Gasteiger partial charge in [0.2, 0.25) is 5.91 Å². The molecule has 1 aliphatic rings. The van der Waals surface area contributed by atoms with Crippen LogP contribution in [0.3, 0.4) is 0 Å². The SMILES string of the molecule is CC(=O)NC(C)CN1CCCC1. The molecule has 0 saturated carbocycles. The maximum Gasteiger partial charge on any atom is 0.217 e. The highest BCUT2D eigenvalue weighted by Gasteiger charge is 2.14. The molecule has 1 aliphatic heterocycles. The molecule has 1 atom stereocenters. The topological polar surface area (TPSA) is 32.3 Å². The van der Waals surface area contributed by atoms with Crippen LogP contribution in [0.1, 0.15) is 26.7 Å². The minimum Gasteiger partial charge on any atom is -0.353 e. The van der Waals surface area contributed by atoms with Crippen LogP contribution < -0.4 is 5.32 Å². The highest BCUT2D eigenvalue weighted by atomic mass is 16.1. The van der Waals surface area contributed by atoms with Gasteiger partial charge in [-0.1, -0.05) is 0 Å². The summed E-state index contributed by atoms with van der Waals surface area (Å²) >= 11 is 0. The third-order valence-corrected chi connectivity index (χ3v) is 2.18. The third-order valence-electron chi connectivity index (χ3n) is 2.18. The van der Waals surface area contributed by atoms with Crippen molar-refractivity contribution in [2.24, 2.45) is 0 Å². The molecule has 1 rings (SSSR count). The first kappa shape index (κ1) is 9.52. The zero-order chi connectivity index (χ0) is 8.97. The van der Waals surface area contributed by atoms with E-state index in [0.29, 0.717) is 6.04 Å². The Labute approximate surface area is 74.1 Å². The molecular weight excluding hydrogens is 152 g/mol. The average molecular weight is 170 g/mol. The van der Waals surface area contributed by atoms with Gasteiger partial charge in [-0.3, -0.25) is 4.79 Å². The van der Waals surface area contributed by atoms with E-state index in [2.05, 4.69) is 17.1 Å². The van der Waals surface area contributed by atoms with E-state index in [1.54, 1.807) is 6.92 Å². The van der Waals surface area contributed by atoms with E-state index >= 15 is 0 Å². The minimum atomic E-state index is 0.0710. The van der Waals surface area contributed by atoms with Gasteiger partial charge in [0.15, 0.2) is 0 Å². The van der Waals surface area contributed by atoms with E-state index < -0.39 is 0 Å². The number of nitrogens with zero attached hydrogens (tertiary/aromatic N) is 1. The van der Waals surface area contributed by atoms with Gasteiger partial charge in [-0.2, -0.15) is 0 Å². The number of carbonyl (C=O) groups excluding carboxylic acids is 1. The van der Waals surface area contributed by atoms with E-state index in [1.807, 2.05) is 0 Å². The first-order valence-corrected chi connectivity index (χ1v) is 4.68. The number of carbonyl (C=O) groups is 1. The molecule has 12 heavy (non-hydrogen) atoms. The number of likely N-dealkylation sites (tertiary alicyclic amines) is 1. The quantitative estimate of drug-likeness (QED) is 0.673. The predicted octanol–water partition coefficient (Wildman–Crippen LogP) is 0.607. The van der Waals surface area contributed by atoms with Crippen molar-refractivity contribution in [3.8, 4) is 0 Å². The Morgan fingerprint density at radius 3 is 2.58 bits per heavy atom. The van der Waals surface area contributed by atoms with Gasteiger partial charge in [0.1, 0.15) is 0 Å². The summed E-state index contributed by atoms with van der Waals surface area (Å²) in [6, 6.07) is 0.292. The fraction of sp³-hybridized carbons (Fsp3) is 0.889. The number of rotatable bonds is 3. The van der Waals surface area contributed by atoms with Crippen LogP contribution in [-0.4, -0.2) is 36.5 Å². The van der Waals surface area contributed by atoms with Crippen LogP contribution in [0.5, 0.6) is 0 Å². The van der Waals surface area contributed by atoms with Crippen LogP contribution >= 0.6 is 0 Å². The maximum atomic E-state index is 10.7. The van der Waals surface area contributed by atoms with Gasteiger partial charge >= 0.3 is 0 Å². The summed E-state index contributed by atoms with van der Waals surface area (Å²) in [6.07, 6.45) is 2.62. The number of hydrogen-bond donors (Lipinski definition) is 1. The standard InChI is InChI=1S/C9H18N2O/c1-8(10-9(2)12)7-11-5-3-4-6-11/h8H,3-7H2,1-2H3,(H,10,12). The molecule has 0 aliphatic carbocycles. The first-order valence-electron chi connectivity index (χ1n) is 4.68. The highest BCUT2D eigenvalue weighted by molar-refractivity contribution is 5.73. The second-order valence-electron chi connectivity index (χ2n) is 3.61. The third kappa shape index (κ3) is 3.22. The van der Waals surface area contributed by atoms with E-state index in [4.69, 9.17) is 0 Å². The molecule has 0 aromatic heterocycles. The van der Waals surface area contributed by atoms with Crippen LogP contribution in [0.2, 0.25) is 0 Å². The molecular formula is C9H18N2O. The van der Waals surface area contributed by atoms with Crippen LogP contribution in [0, 0.1) is 0 Å². The second-order valence-corrected chi connectivity index (χ2v) is 3.61. The predicted molar refractivity (Wildman–Crippen MR) is 49.0 cm³/mol. The van der Waals surface area contributed by atoms with Crippen LogP contribution in [-0.2, 0) is 4.79 Å². The molecule has 1 fully saturated rings. The van der Waals surface area contributed by atoms with Gasteiger partial charge in [0.05, 0.1) is 0 Å². The molecule has 1 unspecified atom stereocenters. The number of hydrogen-bond acceptors (Lipinski definition) is 2. The second kappa shape index (κ2) is 4.45. The molecule has 1 saturated heterocycles. The van der Waals surface area contributed by atoms with Crippen molar-refractivity contribution in [3.63, 3.8) is 0 Å². The largest absolute Gasteiger partial charge is 0.353 e. The summed E-state index contributed by atoms with van der Waals surface area (Å²) in [5, 5.41) is 2.89. The first-order chi connectivity index (χ1) is 5.68. The lowest BCUT2D eigenvalue weighted by Crippen LogP contribution is -2.40. The summed E-state index contributed by atoms with van der Waals surface area (Å²) < 4.78 is 0. The maximum absolute atomic E-state index is 10.7. The lowest BCUT2D eigenvalue weighted by molar-refractivity contribution is -0.119. The van der Waals surface area contributed by atoms with E-state index in [9.17, 15) is 4.79 Å². The molecule has 0 radical (unpaired) electrons. The Morgan fingerprint density at radius 1 is 1.50 bits per heavy atom. The fourth-order valence-electron chi connectivity index (χ4n) is 1.75. The Kier molecular flexibility index (Phi) is 3.53. The number of nitrogens with one attached hydrogen (secondary N) is 1. The molecule has 1 heterocycles. The average Bonchev–Trinajstić information content (AvgIpc) is 2.37. The zero-order valence-corrected chi connectivity index (χ0v) is 7.97. The molecule has 1 amide bonds. The van der Waals surface area contributed by atoms with Crippen molar-refractivity contribution >= 4 is 5.91 Å². The van der Waals surface area contributed by atoms with Gasteiger partial charge in [0, 0.05) is 19.5 Å². The Bertz CT molecular complexity index is 153. The van der Waals surface area contributed by atoms with E-state index in [1.165, 1.54) is 25.9 Å². The molecule has 3 heteroatoms. The van der Waals surface area contributed by atoms with Gasteiger partial charge in [0.25, 0.3) is 0 Å². The van der Waals surface area contributed by atoms with Gasteiger partial charge in [-0.15, -0.1) is 0 Å². The minimum absolute atomic E-state index is 0.0710. The fourth-order valence-corrected chi connectivity index (χ4v) is 1.75. The van der Waals surface area contributed by atoms with Crippen molar-refractivity contribution in [1.82, 2.24) is 10.2 Å². The molecule has 70 valence electrons. The summed E-state index contributed by atoms with van der Waals surface area (Å²) in [6.45, 7) is 7.02. The molecule has 0 aromatic carbocycles. The van der Waals surface area contributed by atoms with Crippen molar-refractivity contribution in [2.75, 3.05) is 19.6 Å². The van der Waals surface area contributed by atoms with Crippen molar-refractivity contribution in [2.45, 2.75) is 32.7 Å². The summed E-state index contributed by atoms with van der Waals surface area (Å²) in [5.74, 6) is 0.0710. The summed E-state index contributed by atoms with van der Waals surface area (Å²) in [5.41, 5.74) is 0. The summed E-state index contributed by atoms with van der Waals surface area (Å²) in [7, 11) is 0. The normalized spacial score (nSPS) is 20.8. The van der Waals surface area contributed by atoms with Gasteiger partial charge < -0.3 is 10.2 Å².